The largest absolute Gasteiger partial charge is 0.364 e. The molecular formula is C19H27N7. The molecule has 4 N–H and O–H groups in total. The lowest BCUT2D eigenvalue weighted by Gasteiger charge is -2.25. The molecule has 1 aromatic carbocycles. The van der Waals surface area contributed by atoms with Gasteiger partial charge in [0.2, 0.25) is 5.95 Å². The first-order valence-electron chi connectivity index (χ1n) is 8.92. The van der Waals surface area contributed by atoms with Crippen LogP contribution in [0.5, 0.6) is 0 Å². The van der Waals surface area contributed by atoms with Gasteiger partial charge in [-0.2, -0.15) is 15.1 Å². The van der Waals surface area contributed by atoms with Crippen molar-refractivity contribution in [3.8, 4) is 0 Å². The summed E-state index contributed by atoms with van der Waals surface area (Å²) in [6.07, 6.45) is 2.77. The summed E-state index contributed by atoms with van der Waals surface area (Å²) in [5, 5.41) is 12.0. The summed E-state index contributed by atoms with van der Waals surface area (Å²) in [6.45, 7) is 6.99. The summed E-state index contributed by atoms with van der Waals surface area (Å²) in [6, 6.07) is 9.87. The zero-order chi connectivity index (χ0) is 18.7. The maximum absolute atomic E-state index is 6.28. The molecule has 0 fully saturated rings. The topological polar surface area (TPSA) is 93.7 Å². The Balaban J connectivity index is 1.85. The van der Waals surface area contributed by atoms with E-state index in [-0.39, 0.29) is 11.6 Å². The molecule has 0 saturated carbocycles. The monoisotopic (exact) mass is 353 g/mol. The SMILES string of the molecule is CCC(C)(C)Nc1nc(NCC(N)c2ccccc2)nc2c1cnn2C. The first-order valence-corrected chi connectivity index (χ1v) is 8.92. The Bertz CT molecular complexity index is 870. The van der Waals surface area contributed by atoms with E-state index in [0.29, 0.717) is 12.5 Å². The van der Waals surface area contributed by atoms with Gasteiger partial charge in [0.25, 0.3) is 0 Å². The number of nitrogens with two attached hydrogens (primary N) is 1. The highest BCUT2D eigenvalue weighted by Crippen LogP contribution is 2.25. The minimum atomic E-state index is -0.134. The van der Waals surface area contributed by atoms with Crippen LogP contribution in [0, 0.1) is 0 Å². The normalized spacial score (nSPS) is 13.0. The van der Waals surface area contributed by atoms with Crippen molar-refractivity contribution < 1.29 is 0 Å². The van der Waals surface area contributed by atoms with E-state index in [1.807, 2.05) is 37.4 Å². The number of aromatic nitrogens is 4. The van der Waals surface area contributed by atoms with E-state index in [0.717, 1.165) is 28.8 Å². The minimum absolute atomic E-state index is 0.0746. The Morgan fingerprint density at radius 3 is 2.62 bits per heavy atom. The second-order valence-electron chi connectivity index (χ2n) is 7.16. The summed E-state index contributed by atoms with van der Waals surface area (Å²) in [5.74, 6) is 1.33. The summed E-state index contributed by atoms with van der Waals surface area (Å²) in [4.78, 5) is 9.27. The summed E-state index contributed by atoms with van der Waals surface area (Å²) >= 11 is 0. The van der Waals surface area contributed by atoms with E-state index in [9.17, 15) is 0 Å². The van der Waals surface area contributed by atoms with Crippen molar-refractivity contribution in [3.05, 3.63) is 42.1 Å². The molecule has 0 aliphatic heterocycles. The van der Waals surface area contributed by atoms with Crippen LogP contribution in [0.2, 0.25) is 0 Å². The van der Waals surface area contributed by atoms with Crippen LogP contribution in [0.15, 0.2) is 36.5 Å². The van der Waals surface area contributed by atoms with Gasteiger partial charge in [-0.3, -0.25) is 4.68 Å². The predicted octanol–water partition coefficient (Wildman–Crippen LogP) is 3.08. The molecule has 0 aliphatic carbocycles. The molecule has 0 bridgehead atoms. The lowest BCUT2D eigenvalue weighted by atomic mass is 10.0. The molecule has 1 atom stereocenters. The maximum atomic E-state index is 6.28. The van der Waals surface area contributed by atoms with E-state index < -0.39 is 0 Å². The van der Waals surface area contributed by atoms with Gasteiger partial charge in [0, 0.05) is 25.2 Å². The van der Waals surface area contributed by atoms with Crippen molar-refractivity contribution in [2.45, 2.75) is 38.8 Å². The van der Waals surface area contributed by atoms with Crippen molar-refractivity contribution >= 4 is 22.8 Å². The average molecular weight is 353 g/mol. The molecular weight excluding hydrogens is 326 g/mol. The summed E-state index contributed by atoms with van der Waals surface area (Å²) in [5.41, 5.74) is 8.06. The third kappa shape index (κ3) is 3.94. The number of fused-ring (bicyclic) bond motifs is 1. The highest BCUT2D eigenvalue weighted by Gasteiger charge is 2.19. The lowest BCUT2D eigenvalue weighted by Crippen LogP contribution is -2.30. The van der Waals surface area contributed by atoms with Gasteiger partial charge in [-0.1, -0.05) is 37.3 Å². The zero-order valence-electron chi connectivity index (χ0n) is 15.8. The van der Waals surface area contributed by atoms with Gasteiger partial charge in [0.15, 0.2) is 5.65 Å². The molecule has 7 nitrogen and oxygen atoms in total. The number of anilines is 2. The molecule has 26 heavy (non-hydrogen) atoms. The van der Waals surface area contributed by atoms with Crippen LogP contribution in [0.3, 0.4) is 0 Å². The highest BCUT2D eigenvalue weighted by molar-refractivity contribution is 5.87. The van der Waals surface area contributed by atoms with Crippen molar-refractivity contribution in [1.82, 2.24) is 19.7 Å². The van der Waals surface area contributed by atoms with Crippen molar-refractivity contribution in [2.75, 3.05) is 17.2 Å². The van der Waals surface area contributed by atoms with Gasteiger partial charge in [-0.25, -0.2) is 0 Å². The van der Waals surface area contributed by atoms with Gasteiger partial charge in [-0.05, 0) is 25.8 Å². The molecule has 3 rings (SSSR count). The predicted molar refractivity (Wildman–Crippen MR) is 106 cm³/mol. The number of aryl methyl sites for hydroxylation is 1. The lowest BCUT2D eigenvalue weighted by molar-refractivity contribution is 0.545. The molecule has 0 spiro atoms. The summed E-state index contributed by atoms with van der Waals surface area (Å²) in [7, 11) is 1.88. The standard InChI is InChI=1S/C19H27N7/c1-5-19(2,3)25-16-14-11-22-26(4)17(14)24-18(23-16)21-12-15(20)13-9-7-6-8-10-13/h6-11,15H,5,12,20H2,1-4H3,(H2,21,23,24,25). The van der Waals surface area contributed by atoms with Crippen LogP contribution in [-0.2, 0) is 7.05 Å². The third-order valence-corrected chi connectivity index (χ3v) is 4.64. The fraction of sp³-hybridized carbons (Fsp3) is 0.421. The van der Waals surface area contributed by atoms with Crippen molar-refractivity contribution in [3.63, 3.8) is 0 Å². The van der Waals surface area contributed by atoms with Crippen LogP contribution < -0.4 is 16.4 Å². The molecule has 7 heteroatoms. The van der Waals surface area contributed by atoms with Crippen LogP contribution >= 0.6 is 0 Å². The highest BCUT2D eigenvalue weighted by atomic mass is 15.3. The van der Waals surface area contributed by atoms with E-state index in [2.05, 4.69) is 46.5 Å². The number of rotatable bonds is 7. The number of hydrogen-bond donors (Lipinski definition) is 3. The molecule has 0 amide bonds. The van der Waals surface area contributed by atoms with Gasteiger partial charge in [-0.15, -0.1) is 0 Å². The first-order chi connectivity index (χ1) is 12.4. The molecule has 3 aromatic rings. The minimum Gasteiger partial charge on any atom is -0.364 e. The number of nitrogens with one attached hydrogen (secondary N) is 2. The van der Waals surface area contributed by atoms with E-state index in [1.54, 1.807) is 10.9 Å². The van der Waals surface area contributed by atoms with Crippen LogP contribution in [0.1, 0.15) is 38.8 Å². The molecule has 0 aliphatic rings. The Morgan fingerprint density at radius 2 is 1.92 bits per heavy atom. The Kier molecular flexibility index (Phi) is 5.08. The van der Waals surface area contributed by atoms with Crippen molar-refractivity contribution in [2.24, 2.45) is 12.8 Å². The smallest absolute Gasteiger partial charge is 0.226 e. The Hall–Kier alpha value is -2.67. The van der Waals surface area contributed by atoms with Gasteiger partial charge in [0.1, 0.15) is 5.82 Å². The van der Waals surface area contributed by atoms with E-state index in [4.69, 9.17) is 5.73 Å². The molecule has 0 saturated heterocycles. The fourth-order valence-corrected chi connectivity index (χ4v) is 2.62. The molecule has 0 radical (unpaired) electrons. The number of hydrogen-bond acceptors (Lipinski definition) is 6. The number of benzene rings is 1. The maximum Gasteiger partial charge on any atom is 0.226 e. The molecule has 138 valence electrons. The first kappa shape index (κ1) is 18.1. The van der Waals surface area contributed by atoms with Crippen LogP contribution in [0.25, 0.3) is 11.0 Å². The van der Waals surface area contributed by atoms with E-state index >= 15 is 0 Å². The van der Waals surface area contributed by atoms with Crippen LogP contribution in [-0.4, -0.2) is 31.8 Å². The Morgan fingerprint density at radius 1 is 1.19 bits per heavy atom. The molecule has 2 heterocycles. The zero-order valence-corrected chi connectivity index (χ0v) is 15.8. The fourth-order valence-electron chi connectivity index (χ4n) is 2.62. The van der Waals surface area contributed by atoms with Crippen molar-refractivity contribution in [1.29, 1.82) is 0 Å². The number of nitrogens with zero attached hydrogens (tertiary/aromatic N) is 4. The van der Waals surface area contributed by atoms with Gasteiger partial charge >= 0.3 is 0 Å². The van der Waals surface area contributed by atoms with E-state index in [1.165, 1.54) is 0 Å². The summed E-state index contributed by atoms with van der Waals surface area (Å²) < 4.78 is 1.75. The molecule has 1 unspecified atom stereocenters. The third-order valence-electron chi connectivity index (χ3n) is 4.64. The second-order valence-corrected chi connectivity index (χ2v) is 7.16. The Labute approximate surface area is 154 Å². The quantitative estimate of drug-likeness (QED) is 0.604. The van der Waals surface area contributed by atoms with Gasteiger partial charge < -0.3 is 16.4 Å². The average Bonchev–Trinajstić information content (AvgIpc) is 3.01. The van der Waals surface area contributed by atoms with Gasteiger partial charge in [0.05, 0.1) is 11.6 Å². The van der Waals surface area contributed by atoms with Crippen LogP contribution in [0.4, 0.5) is 11.8 Å². The second kappa shape index (κ2) is 7.29. The molecule has 2 aromatic heterocycles.